The van der Waals surface area contributed by atoms with E-state index in [4.69, 9.17) is 4.74 Å². The monoisotopic (exact) mass is 370 g/mol. The van der Waals surface area contributed by atoms with Gasteiger partial charge in [-0.2, -0.15) is 5.10 Å². The third-order valence-electron chi connectivity index (χ3n) is 3.38. The summed E-state index contributed by atoms with van der Waals surface area (Å²) < 4.78 is 5.37. The molecular weight excluding hydrogens is 352 g/mol. The maximum Gasteiger partial charge on any atom is 0.270 e. The Morgan fingerprint density at radius 1 is 1.19 bits per heavy atom. The van der Waals surface area contributed by atoms with E-state index in [1.165, 1.54) is 24.4 Å². The zero-order chi connectivity index (χ0) is 19.6. The predicted molar refractivity (Wildman–Crippen MR) is 98.5 cm³/mol. The number of carbonyl (C=O) groups excluding carboxylic acids is 2. The van der Waals surface area contributed by atoms with Crippen molar-refractivity contribution in [3.05, 3.63) is 69.8 Å². The number of hydrogen-bond donors (Lipinski definition) is 2. The lowest BCUT2D eigenvalue weighted by Crippen LogP contribution is -2.37. The van der Waals surface area contributed by atoms with E-state index in [9.17, 15) is 19.7 Å². The molecule has 0 fully saturated rings. The quantitative estimate of drug-likeness (QED) is 0.415. The lowest BCUT2D eigenvalue weighted by Gasteiger charge is -2.08. The van der Waals surface area contributed by atoms with E-state index in [1.807, 2.05) is 19.1 Å². The minimum atomic E-state index is -0.541. The van der Waals surface area contributed by atoms with Gasteiger partial charge in [0.2, 0.25) is 0 Å². The smallest absolute Gasteiger partial charge is 0.270 e. The van der Waals surface area contributed by atoms with Crippen molar-refractivity contribution in [3.8, 4) is 5.75 Å². The molecule has 0 unspecified atom stereocenters. The molecule has 0 bridgehead atoms. The number of ether oxygens (including phenoxy) is 1. The van der Waals surface area contributed by atoms with E-state index < -0.39 is 16.7 Å². The molecule has 9 nitrogen and oxygen atoms in total. The fraction of sp³-hybridized carbons (Fsp3) is 0.167. The highest BCUT2D eigenvalue weighted by atomic mass is 16.6. The molecule has 0 saturated heterocycles. The van der Waals surface area contributed by atoms with Crippen molar-refractivity contribution >= 4 is 23.7 Å². The van der Waals surface area contributed by atoms with Gasteiger partial charge in [0.15, 0.2) is 6.61 Å². The number of carbonyl (C=O) groups is 2. The SMILES string of the molecule is Cc1ccccc1OCC(=O)NCC(=O)N/N=C/c1cccc([N+](=O)[O-])c1. The summed E-state index contributed by atoms with van der Waals surface area (Å²) in [5, 5.41) is 16.8. The molecule has 2 amide bonds. The van der Waals surface area contributed by atoms with Crippen LogP contribution >= 0.6 is 0 Å². The second kappa shape index (κ2) is 9.66. The van der Waals surface area contributed by atoms with E-state index in [0.29, 0.717) is 11.3 Å². The van der Waals surface area contributed by atoms with Gasteiger partial charge in [0.25, 0.3) is 17.5 Å². The molecule has 2 aromatic carbocycles. The Morgan fingerprint density at radius 3 is 2.70 bits per heavy atom. The molecule has 0 saturated carbocycles. The molecule has 0 spiro atoms. The van der Waals surface area contributed by atoms with Gasteiger partial charge in [-0.15, -0.1) is 0 Å². The maximum absolute atomic E-state index is 11.7. The molecule has 140 valence electrons. The van der Waals surface area contributed by atoms with Crippen LogP contribution in [0.1, 0.15) is 11.1 Å². The molecule has 0 aliphatic rings. The Labute approximate surface area is 155 Å². The van der Waals surface area contributed by atoms with Crippen LogP contribution in [0.2, 0.25) is 0 Å². The molecule has 0 heterocycles. The van der Waals surface area contributed by atoms with Crippen molar-refractivity contribution in [1.29, 1.82) is 0 Å². The third-order valence-corrected chi connectivity index (χ3v) is 3.38. The lowest BCUT2D eigenvalue weighted by molar-refractivity contribution is -0.384. The molecule has 9 heteroatoms. The first-order valence-corrected chi connectivity index (χ1v) is 7.97. The molecule has 2 N–H and O–H groups in total. The number of nitrogens with one attached hydrogen (secondary N) is 2. The zero-order valence-corrected chi connectivity index (χ0v) is 14.5. The average molecular weight is 370 g/mol. The average Bonchev–Trinajstić information content (AvgIpc) is 2.66. The van der Waals surface area contributed by atoms with Crippen LogP contribution in [-0.2, 0) is 9.59 Å². The maximum atomic E-state index is 11.7. The number of hydrogen-bond acceptors (Lipinski definition) is 6. The molecule has 2 aromatic rings. The first kappa shape index (κ1) is 19.6. The van der Waals surface area contributed by atoms with Gasteiger partial charge in [-0.05, 0) is 18.6 Å². The summed E-state index contributed by atoms with van der Waals surface area (Å²) in [6.45, 7) is 1.37. The first-order valence-electron chi connectivity index (χ1n) is 7.97. The number of benzene rings is 2. The van der Waals surface area contributed by atoms with Gasteiger partial charge < -0.3 is 10.1 Å². The molecule has 27 heavy (non-hydrogen) atoms. The van der Waals surface area contributed by atoms with Crippen molar-refractivity contribution in [2.75, 3.05) is 13.2 Å². The van der Waals surface area contributed by atoms with Crippen LogP contribution in [0.5, 0.6) is 5.75 Å². The highest BCUT2D eigenvalue weighted by Crippen LogP contribution is 2.15. The summed E-state index contributed by atoms with van der Waals surface area (Å²) >= 11 is 0. The van der Waals surface area contributed by atoms with E-state index in [0.717, 1.165) is 5.56 Å². The van der Waals surface area contributed by atoms with Crippen molar-refractivity contribution in [2.24, 2.45) is 5.10 Å². The second-order valence-electron chi connectivity index (χ2n) is 5.48. The molecular formula is C18H18N4O5. The number of rotatable bonds is 8. The topological polar surface area (TPSA) is 123 Å². The molecule has 0 aromatic heterocycles. The Kier molecular flexibility index (Phi) is 7.00. The Balaban J connectivity index is 1.72. The van der Waals surface area contributed by atoms with E-state index in [1.54, 1.807) is 18.2 Å². The van der Waals surface area contributed by atoms with Crippen molar-refractivity contribution < 1.29 is 19.2 Å². The number of para-hydroxylation sites is 1. The van der Waals surface area contributed by atoms with Gasteiger partial charge in [0.05, 0.1) is 17.7 Å². The highest BCUT2D eigenvalue weighted by Gasteiger charge is 2.07. The van der Waals surface area contributed by atoms with Crippen LogP contribution in [0.3, 0.4) is 0 Å². The lowest BCUT2D eigenvalue weighted by atomic mass is 10.2. The van der Waals surface area contributed by atoms with Crippen molar-refractivity contribution in [2.45, 2.75) is 6.92 Å². The largest absolute Gasteiger partial charge is 0.484 e. The third kappa shape index (κ3) is 6.58. The van der Waals surface area contributed by atoms with Gasteiger partial charge in [-0.3, -0.25) is 19.7 Å². The van der Waals surface area contributed by atoms with Gasteiger partial charge >= 0.3 is 0 Å². The number of nitro groups is 1. The van der Waals surface area contributed by atoms with Crippen LogP contribution in [0.25, 0.3) is 0 Å². The molecule has 0 aliphatic carbocycles. The van der Waals surface area contributed by atoms with Crippen LogP contribution in [-0.4, -0.2) is 36.1 Å². The van der Waals surface area contributed by atoms with Crippen LogP contribution in [0.4, 0.5) is 5.69 Å². The number of amides is 2. The zero-order valence-electron chi connectivity index (χ0n) is 14.5. The standard InChI is InChI=1S/C18H18N4O5/c1-13-5-2-3-8-16(13)27-12-18(24)19-11-17(23)21-20-10-14-6-4-7-15(9-14)22(25)26/h2-10H,11-12H2,1H3,(H,19,24)(H,21,23)/b20-10+. The molecule has 2 rings (SSSR count). The second-order valence-corrected chi connectivity index (χ2v) is 5.48. The van der Waals surface area contributed by atoms with Crippen LogP contribution < -0.4 is 15.5 Å². The van der Waals surface area contributed by atoms with Gasteiger partial charge in [-0.1, -0.05) is 30.3 Å². The van der Waals surface area contributed by atoms with E-state index >= 15 is 0 Å². The van der Waals surface area contributed by atoms with Crippen molar-refractivity contribution in [1.82, 2.24) is 10.7 Å². The Hall–Kier alpha value is -3.75. The van der Waals surface area contributed by atoms with E-state index in [-0.39, 0.29) is 18.8 Å². The fourth-order valence-corrected chi connectivity index (χ4v) is 2.03. The minimum Gasteiger partial charge on any atom is -0.484 e. The number of aryl methyl sites for hydroxylation is 1. The van der Waals surface area contributed by atoms with Crippen LogP contribution in [0.15, 0.2) is 53.6 Å². The van der Waals surface area contributed by atoms with E-state index in [2.05, 4.69) is 15.8 Å². The van der Waals surface area contributed by atoms with Crippen LogP contribution in [0, 0.1) is 17.0 Å². The summed E-state index contributed by atoms with van der Waals surface area (Å²) in [4.78, 5) is 33.5. The van der Waals surface area contributed by atoms with Gasteiger partial charge in [0.1, 0.15) is 5.75 Å². The van der Waals surface area contributed by atoms with Gasteiger partial charge in [-0.25, -0.2) is 5.43 Å². The number of non-ortho nitro benzene ring substituents is 1. The summed E-state index contributed by atoms with van der Waals surface area (Å²) in [5.74, 6) is -0.393. The normalized spacial score (nSPS) is 10.4. The number of hydrazone groups is 1. The fourth-order valence-electron chi connectivity index (χ4n) is 2.03. The number of nitrogens with zero attached hydrogens (tertiary/aromatic N) is 2. The Morgan fingerprint density at radius 2 is 1.96 bits per heavy atom. The highest BCUT2D eigenvalue weighted by molar-refractivity contribution is 5.86. The molecule has 0 radical (unpaired) electrons. The Bertz CT molecular complexity index is 866. The summed E-state index contributed by atoms with van der Waals surface area (Å²) in [6, 6.07) is 13.1. The minimum absolute atomic E-state index is 0.0776. The molecule has 0 atom stereocenters. The summed E-state index contributed by atoms with van der Waals surface area (Å²) in [6.07, 6.45) is 1.27. The van der Waals surface area contributed by atoms with Crippen molar-refractivity contribution in [3.63, 3.8) is 0 Å². The molecule has 0 aliphatic heterocycles. The first-order chi connectivity index (χ1) is 13.0. The number of nitro benzene ring substituents is 1. The van der Waals surface area contributed by atoms with Gasteiger partial charge in [0, 0.05) is 17.7 Å². The predicted octanol–water partition coefficient (Wildman–Crippen LogP) is 1.55. The summed E-state index contributed by atoms with van der Waals surface area (Å²) in [7, 11) is 0. The summed E-state index contributed by atoms with van der Waals surface area (Å²) in [5.41, 5.74) is 3.51.